The Morgan fingerprint density at radius 1 is 0.964 bits per heavy atom. The fourth-order valence-electron chi connectivity index (χ4n) is 3.69. The van der Waals surface area contributed by atoms with Crippen LogP contribution in [0.1, 0.15) is 24.5 Å². The van der Waals surface area contributed by atoms with Gasteiger partial charge in [0.2, 0.25) is 0 Å². The summed E-state index contributed by atoms with van der Waals surface area (Å²) in [4.78, 5) is 0. The molecule has 0 aliphatic rings. The molecule has 0 radical (unpaired) electrons. The lowest BCUT2D eigenvalue weighted by Gasteiger charge is -2.10. The first-order valence-electron chi connectivity index (χ1n) is 9.68. The van der Waals surface area contributed by atoms with Crippen LogP contribution in [0.4, 0.5) is 0 Å². The van der Waals surface area contributed by atoms with E-state index in [1.807, 2.05) is 41.7 Å². The number of hydrogen-bond acceptors (Lipinski definition) is 4. The highest BCUT2D eigenvalue weighted by Gasteiger charge is 2.10. The molecule has 0 saturated heterocycles. The predicted octanol–water partition coefficient (Wildman–Crippen LogP) is 4.27. The second kappa shape index (κ2) is 7.54. The Bertz CT molecular complexity index is 1130. The first-order chi connectivity index (χ1) is 13.6. The summed E-state index contributed by atoms with van der Waals surface area (Å²) in [6.45, 7) is 5.57. The molecule has 0 atom stereocenters. The van der Waals surface area contributed by atoms with Crippen molar-refractivity contribution >= 4 is 21.8 Å². The van der Waals surface area contributed by atoms with E-state index in [2.05, 4.69) is 30.4 Å². The molecule has 0 N–H and O–H groups in total. The van der Waals surface area contributed by atoms with Gasteiger partial charge in [0.1, 0.15) is 11.5 Å². The van der Waals surface area contributed by atoms with Crippen LogP contribution in [0.5, 0.6) is 11.5 Å². The molecule has 0 aliphatic carbocycles. The zero-order valence-electron chi connectivity index (χ0n) is 16.9. The molecule has 6 heteroatoms. The van der Waals surface area contributed by atoms with Crippen molar-refractivity contribution in [2.75, 3.05) is 13.7 Å². The van der Waals surface area contributed by atoms with E-state index >= 15 is 0 Å². The van der Waals surface area contributed by atoms with Crippen molar-refractivity contribution in [2.45, 2.75) is 33.2 Å². The van der Waals surface area contributed by atoms with Crippen LogP contribution in [0.3, 0.4) is 0 Å². The largest absolute Gasteiger partial charge is 0.496 e. The lowest BCUT2D eigenvalue weighted by Crippen LogP contribution is -2.02. The Morgan fingerprint density at radius 3 is 2.50 bits per heavy atom. The molecule has 28 heavy (non-hydrogen) atoms. The van der Waals surface area contributed by atoms with Gasteiger partial charge in [0.25, 0.3) is 0 Å². The van der Waals surface area contributed by atoms with Crippen LogP contribution in [0.15, 0.2) is 36.7 Å². The molecule has 0 unspecified atom stereocenters. The maximum atomic E-state index is 5.86. The van der Waals surface area contributed by atoms with Crippen molar-refractivity contribution in [1.82, 2.24) is 19.6 Å². The summed E-state index contributed by atoms with van der Waals surface area (Å²) in [7, 11) is 3.64. The minimum atomic E-state index is 0.650. The van der Waals surface area contributed by atoms with Crippen molar-refractivity contribution in [1.29, 1.82) is 0 Å². The van der Waals surface area contributed by atoms with Gasteiger partial charge in [-0.25, -0.2) is 0 Å². The van der Waals surface area contributed by atoms with E-state index in [9.17, 15) is 0 Å². The number of aromatic nitrogens is 4. The number of hydrogen-bond donors (Lipinski definition) is 0. The molecule has 2 heterocycles. The van der Waals surface area contributed by atoms with Crippen LogP contribution in [-0.2, 0) is 20.0 Å². The molecule has 4 aromatic rings. The van der Waals surface area contributed by atoms with Crippen LogP contribution in [0.25, 0.3) is 21.8 Å². The van der Waals surface area contributed by atoms with Crippen molar-refractivity contribution in [3.8, 4) is 11.5 Å². The monoisotopic (exact) mass is 378 g/mol. The summed E-state index contributed by atoms with van der Waals surface area (Å²) in [6, 6.07) is 8.37. The maximum absolute atomic E-state index is 5.86. The highest BCUT2D eigenvalue weighted by Crippen LogP contribution is 2.27. The van der Waals surface area contributed by atoms with Crippen molar-refractivity contribution < 1.29 is 9.47 Å². The maximum Gasteiger partial charge on any atom is 0.124 e. The molecule has 2 aromatic carbocycles. The molecule has 2 aromatic heterocycles. The van der Waals surface area contributed by atoms with Crippen LogP contribution in [0.2, 0.25) is 0 Å². The summed E-state index contributed by atoms with van der Waals surface area (Å²) in [5, 5.41) is 11.5. The number of rotatable bonds is 7. The second-order valence-electron chi connectivity index (χ2n) is 7.13. The first-order valence-corrected chi connectivity index (χ1v) is 9.68. The van der Waals surface area contributed by atoms with Crippen molar-refractivity contribution in [3.05, 3.63) is 47.8 Å². The molecule has 4 rings (SSSR count). The Balaban J connectivity index is 1.51. The lowest BCUT2D eigenvalue weighted by atomic mass is 10.1. The summed E-state index contributed by atoms with van der Waals surface area (Å²) in [5.74, 6) is 1.81. The van der Waals surface area contributed by atoms with Crippen LogP contribution >= 0.6 is 0 Å². The summed E-state index contributed by atoms with van der Waals surface area (Å²) in [5.41, 5.74) is 4.28. The van der Waals surface area contributed by atoms with Gasteiger partial charge in [0.05, 0.1) is 24.8 Å². The van der Waals surface area contributed by atoms with Gasteiger partial charge in [-0.2, -0.15) is 10.2 Å². The standard InChI is InChI=1S/C22H26N4O2/c1-5-28-22-12-19-18(13-25(3)23-19)10-16(22)7-6-8-26-14-17-9-15(2)21(27-4)11-20(17)24-26/h9-14H,5-8H2,1-4H3. The van der Waals surface area contributed by atoms with Gasteiger partial charge in [-0.05, 0) is 49.9 Å². The molecule has 0 saturated carbocycles. The van der Waals surface area contributed by atoms with Crippen molar-refractivity contribution in [3.63, 3.8) is 0 Å². The van der Waals surface area contributed by atoms with Crippen LogP contribution in [-0.4, -0.2) is 33.3 Å². The minimum absolute atomic E-state index is 0.650. The third-order valence-corrected chi connectivity index (χ3v) is 5.00. The summed E-state index contributed by atoms with van der Waals surface area (Å²) < 4.78 is 15.1. The Morgan fingerprint density at radius 2 is 1.71 bits per heavy atom. The minimum Gasteiger partial charge on any atom is -0.496 e. The van der Waals surface area contributed by atoms with Gasteiger partial charge in [-0.3, -0.25) is 9.36 Å². The number of nitrogens with zero attached hydrogens (tertiary/aromatic N) is 4. The molecule has 0 amide bonds. The third kappa shape index (κ3) is 3.54. The fraction of sp³-hybridized carbons (Fsp3) is 0.364. The Labute approximate surface area is 164 Å². The molecule has 0 spiro atoms. The molecular weight excluding hydrogens is 352 g/mol. The number of fused-ring (bicyclic) bond motifs is 2. The Kier molecular flexibility index (Phi) is 4.94. The van der Waals surface area contributed by atoms with Crippen molar-refractivity contribution in [2.24, 2.45) is 7.05 Å². The second-order valence-corrected chi connectivity index (χ2v) is 7.13. The van der Waals surface area contributed by atoms with E-state index in [1.54, 1.807) is 7.11 Å². The van der Waals surface area contributed by atoms with Gasteiger partial charge >= 0.3 is 0 Å². The van der Waals surface area contributed by atoms with E-state index in [0.29, 0.717) is 6.61 Å². The number of ether oxygens (including phenoxy) is 2. The van der Waals surface area contributed by atoms with Gasteiger partial charge in [-0.1, -0.05) is 0 Å². The molecular formula is C22H26N4O2. The molecule has 0 fully saturated rings. The molecule has 146 valence electrons. The van der Waals surface area contributed by atoms with Gasteiger partial charge in [0, 0.05) is 48.9 Å². The molecule has 0 aliphatic heterocycles. The highest BCUT2D eigenvalue weighted by molar-refractivity contribution is 5.81. The summed E-state index contributed by atoms with van der Waals surface area (Å²) in [6.07, 6.45) is 6.06. The topological polar surface area (TPSA) is 54.1 Å². The number of methoxy groups -OCH3 is 1. The van der Waals surface area contributed by atoms with E-state index in [4.69, 9.17) is 14.6 Å². The van der Waals surface area contributed by atoms with E-state index in [0.717, 1.165) is 58.3 Å². The van der Waals surface area contributed by atoms with Gasteiger partial charge < -0.3 is 9.47 Å². The fourth-order valence-corrected chi connectivity index (χ4v) is 3.69. The zero-order valence-corrected chi connectivity index (χ0v) is 16.9. The molecule has 6 nitrogen and oxygen atoms in total. The van der Waals surface area contributed by atoms with Crippen LogP contribution in [0, 0.1) is 6.92 Å². The zero-order chi connectivity index (χ0) is 19.7. The predicted molar refractivity (Wildman–Crippen MR) is 111 cm³/mol. The van der Waals surface area contributed by atoms with E-state index in [1.165, 1.54) is 5.56 Å². The van der Waals surface area contributed by atoms with Gasteiger partial charge in [-0.15, -0.1) is 0 Å². The average molecular weight is 378 g/mol. The number of benzene rings is 2. The quantitative estimate of drug-likeness (QED) is 0.482. The van der Waals surface area contributed by atoms with E-state index in [-0.39, 0.29) is 0 Å². The normalized spacial score (nSPS) is 11.4. The van der Waals surface area contributed by atoms with Crippen LogP contribution < -0.4 is 9.47 Å². The third-order valence-electron chi connectivity index (χ3n) is 5.00. The summed E-state index contributed by atoms with van der Waals surface area (Å²) >= 11 is 0. The highest BCUT2D eigenvalue weighted by atomic mass is 16.5. The van der Waals surface area contributed by atoms with Gasteiger partial charge in [0.15, 0.2) is 0 Å². The first kappa shape index (κ1) is 18.3. The smallest absolute Gasteiger partial charge is 0.124 e. The Hall–Kier alpha value is -3.02. The molecule has 0 bridgehead atoms. The average Bonchev–Trinajstić information content (AvgIpc) is 3.22. The lowest BCUT2D eigenvalue weighted by molar-refractivity contribution is 0.336. The van der Waals surface area contributed by atoms with E-state index < -0.39 is 0 Å². The number of aryl methyl sites for hydroxylation is 4. The SMILES string of the molecule is CCOc1cc2nn(C)cc2cc1CCCn1cc2cc(C)c(OC)cc2n1.